The summed E-state index contributed by atoms with van der Waals surface area (Å²) in [5, 5.41) is 0. The lowest BCUT2D eigenvalue weighted by Gasteiger charge is -1.93. The predicted octanol–water partition coefficient (Wildman–Crippen LogP) is 2.36. The van der Waals surface area contributed by atoms with E-state index in [0.717, 1.165) is 6.42 Å². The number of hydrogen-bond donors (Lipinski definition) is 0. The Kier molecular flexibility index (Phi) is 2.74. The van der Waals surface area contributed by atoms with E-state index in [9.17, 15) is 0 Å². The Bertz CT molecular complexity index is 269. The van der Waals surface area contributed by atoms with Gasteiger partial charge in [-0.1, -0.05) is 18.1 Å². The number of aryl methyl sites for hydroxylation is 1. The van der Waals surface area contributed by atoms with Gasteiger partial charge in [0.15, 0.2) is 0 Å². The van der Waals surface area contributed by atoms with E-state index in [1.165, 1.54) is 11.1 Å². The minimum Gasteiger partial charge on any atom is -0.106 e. The molecule has 1 aromatic rings. The fourth-order valence-electron chi connectivity index (χ4n) is 0.835. The van der Waals surface area contributed by atoms with Crippen molar-refractivity contribution in [3.05, 3.63) is 35.4 Å². The third-order valence-corrected chi connectivity index (χ3v) is 1.50. The molecule has 11 heavy (non-hydrogen) atoms. The topological polar surface area (TPSA) is 0 Å². The van der Waals surface area contributed by atoms with E-state index in [4.69, 9.17) is 0 Å². The molecule has 0 N–H and O–H groups in total. The van der Waals surface area contributed by atoms with Gasteiger partial charge in [-0.25, -0.2) is 0 Å². The van der Waals surface area contributed by atoms with Gasteiger partial charge in [0.2, 0.25) is 0 Å². The van der Waals surface area contributed by atoms with Crippen molar-refractivity contribution in [3.8, 4) is 11.8 Å². The Balaban J connectivity index is 2.71. The van der Waals surface area contributed by atoms with Crippen LogP contribution in [0.1, 0.15) is 18.1 Å². The zero-order valence-electron chi connectivity index (χ0n) is 6.94. The van der Waals surface area contributed by atoms with Crippen molar-refractivity contribution in [1.29, 1.82) is 0 Å². The molecule has 0 bridgehead atoms. The van der Waals surface area contributed by atoms with Crippen molar-refractivity contribution >= 4 is 0 Å². The standard InChI is InChI=1S/C11H11/c1-3-4-5-11-8-6-10(2)7-9-11/h6,8-9H,5H2,1-2H3. The largest absolute Gasteiger partial charge is 0.106 e. The van der Waals surface area contributed by atoms with Crippen LogP contribution < -0.4 is 0 Å². The van der Waals surface area contributed by atoms with Crippen molar-refractivity contribution in [3.63, 3.8) is 0 Å². The first kappa shape index (κ1) is 7.88. The SMILES string of the molecule is CC#CCc1c[c]c(C)cc1. The van der Waals surface area contributed by atoms with Crippen LogP contribution in [0.3, 0.4) is 0 Å². The monoisotopic (exact) mass is 143 g/mol. The Hall–Kier alpha value is -1.22. The summed E-state index contributed by atoms with van der Waals surface area (Å²) < 4.78 is 0. The first-order chi connectivity index (χ1) is 5.33. The maximum absolute atomic E-state index is 3.14. The average Bonchev–Trinajstić information content (AvgIpc) is 2.04. The van der Waals surface area contributed by atoms with Crippen LogP contribution in [0.25, 0.3) is 0 Å². The summed E-state index contributed by atoms with van der Waals surface area (Å²) in [7, 11) is 0. The zero-order chi connectivity index (χ0) is 8.10. The molecule has 1 rings (SSSR count). The highest BCUT2D eigenvalue weighted by Gasteiger charge is 1.87. The molecule has 0 amide bonds. The highest BCUT2D eigenvalue weighted by molar-refractivity contribution is 5.23. The van der Waals surface area contributed by atoms with Gasteiger partial charge in [-0.2, -0.15) is 0 Å². The number of hydrogen-bond acceptors (Lipinski definition) is 0. The molecule has 0 heteroatoms. The van der Waals surface area contributed by atoms with Crippen LogP contribution in [0, 0.1) is 24.8 Å². The summed E-state index contributed by atoms with van der Waals surface area (Å²) in [6.07, 6.45) is 0.841. The average molecular weight is 143 g/mol. The predicted molar refractivity (Wildman–Crippen MR) is 47.2 cm³/mol. The second kappa shape index (κ2) is 3.83. The molecule has 0 spiro atoms. The van der Waals surface area contributed by atoms with Crippen molar-refractivity contribution < 1.29 is 0 Å². The summed E-state index contributed by atoms with van der Waals surface area (Å²) in [6, 6.07) is 9.30. The van der Waals surface area contributed by atoms with E-state index in [2.05, 4.69) is 30.0 Å². The molecule has 0 unspecified atom stereocenters. The van der Waals surface area contributed by atoms with Crippen LogP contribution >= 0.6 is 0 Å². The quantitative estimate of drug-likeness (QED) is 0.529. The van der Waals surface area contributed by atoms with Crippen molar-refractivity contribution in [2.75, 3.05) is 0 Å². The van der Waals surface area contributed by atoms with E-state index < -0.39 is 0 Å². The van der Waals surface area contributed by atoms with E-state index in [0.29, 0.717) is 0 Å². The maximum atomic E-state index is 3.14. The molecule has 0 aliphatic heterocycles. The summed E-state index contributed by atoms with van der Waals surface area (Å²) in [5.74, 6) is 5.88. The van der Waals surface area contributed by atoms with Crippen molar-refractivity contribution in [1.82, 2.24) is 0 Å². The van der Waals surface area contributed by atoms with Gasteiger partial charge in [-0.15, -0.1) is 5.92 Å². The highest BCUT2D eigenvalue weighted by Crippen LogP contribution is 2.01. The molecule has 1 aromatic carbocycles. The summed E-state index contributed by atoms with van der Waals surface area (Å²) in [5.41, 5.74) is 2.42. The second-order valence-electron chi connectivity index (χ2n) is 2.48. The Labute approximate surface area is 68.3 Å². The van der Waals surface area contributed by atoms with Crippen LogP contribution in [-0.4, -0.2) is 0 Å². The third kappa shape index (κ3) is 2.47. The minimum absolute atomic E-state index is 0.841. The fraction of sp³-hybridized carbons (Fsp3) is 0.273. The normalized spacial score (nSPS) is 8.55. The molecule has 55 valence electrons. The molecule has 0 fully saturated rings. The molecule has 0 atom stereocenters. The smallest absolute Gasteiger partial charge is 0.0340 e. The van der Waals surface area contributed by atoms with E-state index in [-0.39, 0.29) is 0 Å². The highest BCUT2D eigenvalue weighted by atomic mass is 13.9. The van der Waals surface area contributed by atoms with Gasteiger partial charge in [0.1, 0.15) is 0 Å². The van der Waals surface area contributed by atoms with Crippen LogP contribution in [0.2, 0.25) is 0 Å². The van der Waals surface area contributed by atoms with Gasteiger partial charge in [-0.3, -0.25) is 0 Å². The van der Waals surface area contributed by atoms with Gasteiger partial charge in [0, 0.05) is 6.42 Å². The molecular formula is C11H11. The summed E-state index contributed by atoms with van der Waals surface area (Å²) in [4.78, 5) is 0. The molecular weight excluding hydrogens is 132 g/mol. The fourth-order valence-corrected chi connectivity index (χ4v) is 0.835. The third-order valence-electron chi connectivity index (χ3n) is 1.50. The van der Waals surface area contributed by atoms with Crippen LogP contribution in [0.4, 0.5) is 0 Å². The molecule has 0 aromatic heterocycles. The lowest BCUT2D eigenvalue weighted by atomic mass is 10.1. The molecule has 1 radical (unpaired) electrons. The molecule has 0 heterocycles. The summed E-state index contributed by atoms with van der Waals surface area (Å²) >= 11 is 0. The summed E-state index contributed by atoms with van der Waals surface area (Å²) in [6.45, 7) is 3.90. The Morgan fingerprint density at radius 2 is 2.27 bits per heavy atom. The first-order valence-corrected chi connectivity index (χ1v) is 3.70. The van der Waals surface area contributed by atoms with Crippen LogP contribution in [-0.2, 0) is 6.42 Å². The maximum Gasteiger partial charge on any atom is 0.0340 e. The lowest BCUT2D eigenvalue weighted by Crippen LogP contribution is -1.80. The van der Waals surface area contributed by atoms with Gasteiger partial charge in [-0.05, 0) is 37.1 Å². The lowest BCUT2D eigenvalue weighted by molar-refractivity contribution is 1.29. The molecule has 0 saturated carbocycles. The van der Waals surface area contributed by atoms with Gasteiger partial charge >= 0.3 is 0 Å². The van der Waals surface area contributed by atoms with Crippen molar-refractivity contribution in [2.24, 2.45) is 0 Å². The Morgan fingerprint density at radius 3 is 2.82 bits per heavy atom. The van der Waals surface area contributed by atoms with Crippen molar-refractivity contribution in [2.45, 2.75) is 20.3 Å². The van der Waals surface area contributed by atoms with Gasteiger partial charge in [0.05, 0.1) is 0 Å². The van der Waals surface area contributed by atoms with E-state index >= 15 is 0 Å². The first-order valence-electron chi connectivity index (χ1n) is 3.70. The van der Waals surface area contributed by atoms with E-state index in [1.54, 1.807) is 0 Å². The zero-order valence-corrected chi connectivity index (χ0v) is 6.94. The van der Waals surface area contributed by atoms with Gasteiger partial charge in [0.25, 0.3) is 0 Å². The Morgan fingerprint density at radius 1 is 1.45 bits per heavy atom. The van der Waals surface area contributed by atoms with Crippen LogP contribution in [0.5, 0.6) is 0 Å². The number of rotatable bonds is 1. The molecule has 0 saturated heterocycles. The molecule has 0 aliphatic rings. The second-order valence-corrected chi connectivity index (χ2v) is 2.48. The van der Waals surface area contributed by atoms with Crippen LogP contribution in [0.15, 0.2) is 18.2 Å². The number of benzene rings is 1. The molecule has 0 aliphatic carbocycles. The molecule has 0 nitrogen and oxygen atoms in total. The van der Waals surface area contributed by atoms with Gasteiger partial charge < -0.3 is 0 Å². The van der Waals surface area contributed by atoms with E-state index in [1.807, 2.05) is 19.9 Å². The minimum atomic E-state index is 0.841.